The summed E-state index contributed by atoms with van der Waals surface area (Å²) in [4.78, 5) is 0. The highest BCUT2D eigenvalue weighted by molar-refractivity contribution is 6.30. The van der Waals surface area contributed by atoms with Crippen LogP contribution in [0.25, 0.3) is 0 Å². The van der Waals surface area contributed by atoms with Crippen molar-refractivity contribution in [1.29, 1.82) is 0 Å². The van der Waals surface area contributed by atoms with Gasteiger partial charge in [0.15, 0.2) is 0 Å². The maximum Gasteiger partial charge on any atom is 0.123 e. The number of hydrogen-bond donors (Lipinski definition) is 2. The molecule has 0 aliphatic carbocycles. The summed E-state index contributed by atoms with van der Waals surface area (Å²) >= 11 is 5.93. The van der Waals surface area contributed by atoms with Crippen molar-refractivity contribution < 1.29 is 4.74 Å². The topological polar surface area (TPSA) is 47.3 Å². The van der Waals surface area contributed by atoms with Crippen molar-refractivity contribution in [2.24, 2.45) is 5.84 Å². The third kappa shape index (κ3) is 2.96. The van der Waals surface area contributed by atoms with Gasteiger partial charge in [-0.25, -0.2) is 0 Å². The van der Waals surface area contributed by atoms with Crippen LogP contribution < -0.4 is 16.0 Å². The van der Waals surface area contributed by atoms with Crippen LogP contribution in [0, 0.1) is 0 Å². The fourth-order valence-corrected chi connectivity index (χ4v) is 1.61. The molecule has 0 radical (unpaired) electrons. The molecule has 0 spiro atoms. The first-order chi connectivity index (χ1) is 7.22. The highest BCUT2D eigenvalue weighted by Gasteiger charge is 2.13. The molecule has 0 aromatic heterocycles. The van der Waals surface area contributed by atoms with Crippen molar-refractivity contribution in [3.63, 3.8) is 0 Å². The van der Waals surface area contributed by atoms with Gasteiger partial charge in [0.25, 0.3) is 0 Å². The Morgan fingerprint density at radius 1 is 1.67 bits per heavy atom. The van der Waals surface area contributed by atoms with Crippen molar-refractivity contribution >= 4 is 11.6 Å². The SMILES string of the molecule is C=CCC(NN)c1cc(Cl)ccc1OC. The molecule has 1 aromatic rings. The minimum absolute atomic E-state index is 0.0313. The van der Waals surface area contributed by atoms with E-state index in [0.29, 0.717) is 11.4 Å². The minimum Gasteiger partial charge on any atom is -0.496 e. The number of methoxy groups -OCH3 is 1. The zero-order chi connectivity index (χ0) is 11.3. The Hall–Kier alpha value is -1.03. The van der Waals surface area contributed by atoms with E-state index in [1.807, 2.05) is 12.1 Å². The number of rotatable bonds is 5. The minimum atomic E-state index is -0.0313. The summed E-state index contributed by atoms with van der Waals surface area (Å²) in [7, 11) is 1.62. The normalized spacial score (nSPS) is 12.2. The van der Waals surface area contributed by atoms with Crippen LogP contribution in [0.4, 0.5) is 0 Å². The first-order valence-electron chi connectivity index (χ1n) is 4.63. The van der Waals surface area contributed by atoms with Crippen LogP contribution in [0.1, 0.15) is 18.0 Å². The smallest absolute Gasteiger partial charge is 0.123 e. The molecule has 3 N–H and O–H groups in total. The Balaban J connectivity index is 3.07. The van der Waals surface area contributed by atoms with Gasteiger partial charge in [0.05, 0.1) is 13.2 Å². The zero-order valence-electron chi connectivity index (χ0n) is 8.66. The molecule has 82 valence electrons. The summed E-state index contributed by atoms with van der Waals surface area (Å²) in [6, 6.07) is 5.42. The monoisotopic (exact) mass is 226 g/mol. The van der Waals surface area contributed by atoms with Gasteiger partial charge in [-0.05, 0) is 24.6 Å². The van der Waals surface area contributed by atoms with E-state index in [-0.39, 0.29) is 6.04 Å². The van der Waals surface area contributed by atoms with Gasteiger partial charge in [-0.2, -0.15) is 0 Å². The molecule has 1 atom stereocenters. The van der Waals surface area contributed by atoms with Crippen molar-refractivity contribution in [1.82, 2.24) is 5.43 Å². The maximum atomic E-state index is 5.93. The third-order valence-corrected chi connectivity index (χ3v) is 2.41. The van der Waals surface area contributed by atoms with Crippen LogP contribution in [-0.2, 0) is 0 Å². The summed E-state index contributed by atoms with van der Waals surface area (Å²) in [6.07, 6.45) is 2.51. The number of nitrogens with one attached hydrogen (secondary N) is 1. The van der Waals surface area contributed by atoms with Crippen LogP contribution in [0.3, 0.4) is 0 Å². The van der Waals surface area contributed by atoms with Gasteiger partial charge in [0.1, 0.15) is 5.75 Å². The van der Waals surface area contributed by atoms with Crippen LogP contribution in [-0.4, -0.2) is 7.11 Å². The molecule has 0 saturated heterocycles. The lowest BCUT2D eigenvalue weighted by atomic mass is 10.0. The van der Waals surface area contributed by atoms with Gasteiger partial charge in [-0.3, -0.25) is 11.3 Å². The number of benzene rings is 1. The lowest BCUT2D eigenvalue weighted by Gasteiger charge is -2.17. The highest BCUT2D eigenvalue weighted by atomic mass is 35.5. The van der Waals surface area contributed by atoms with E-state index in [0.717, 1.165) is 11.3 Å². The molecule has 0 bridgehead atoms. The Bertz CT molecular complexity index is 341. The molecule has 0 heterocycles. The van der Waals surface area contributed by atoms with E-state index in [4.69, 9.17) is 22.2 Å². The van der Waals surface area contributed by atoms with Crippen molar-refractivity contribution in [3.8, 4) is 5.75 Å². The Morgan fingerprint density at radius 2 is 2.40 bits per heavy atom. The molecule has 0 aliphatic rings. The average Bonchev–Trinajstić information content (AvgIpc) is 2.26. The second-order valence-corrected chi connectivity index (χ2v) is 3.57. The maximum absolute atomic E-state index is 5.93. The van der Waals surface area contributed by atoms with Gasteiger partial charge < -0.3 is 4.74 Å². The average molecular weight is 227 g/mol. The molecule has 0 aliphatic heterocycles. The van der Waals surface area contributed by atoms with Gasteiger partial charge >= 0.3 is 0 Å². The summed E-state index contributed by atoms with van der Waals surface area (Å²) < 4.78 is 5.24. The number of nitrogens with two attached hydrogens (primary N) is 1. The Kier molecular flexibility index (Phi) is 4.62. The van der Waals surface area contributed by atoms with E-state index >= 15 is 0 Å². The molecular formula is C11H15ClN2O. The molecular weight excluding hydrogens is 212 g/mol. The second kappa shape index (κ2) is 5.75. The predicted octanol–water partition coefficient (Wildman–Crippen LogP) is 2.43. The zero-order valence-corrected chi connectivity index (χ0v) is 9.42. The molecule has 1 rings (SSSR count). The molecule has 3 nitrogen and oxygen atoms in total. The van der Waals surface area contributed by atoms with E-state index < -0.39 is 0 Å². The Labute approximate surface area is 94.8 Å². The molecule has 4 heteroatoms. The Morgan fingerprint density at radius 3 is 2.93 bits per heavy atom. The first kappa shape index (κ1) is 12.0. The van der Waals surface area contributed by atoms with E-state index in [1.165, 1.54) is 0 Å². The molecule has 0 fully saturated rings. The van der Waals surface area contributed by atoms with E-state index in [2.05, 4.69) is 12.0 Å². The third-order valence-electron chi connectivity index (χ3n) is 2.17. The van der Waals surface area contributed by atoms with Gasteiger partial charge in [0, 0.05) is 10.6 Å². The van der Waals surface area contributed by atoms with Crippen LogP contribution >= 0.6 is 11.6 Å². The first-order valence-corrected chi connectivity index (χ1v) is 5.01. The summed E-state index contributed by atoms with van der Waals surface area (Å²) in [5, 5.41) is 0.662. The molecule has 0 amide bonds. The van der Waals surface area contributed by atoms with Crippen LogP contribution in [0.2, 0.25) is 5.02 Å². The largest absolute Gasteiger partial charge is 0.496 e. The molecule has 15 heavy (non-hydrogen) atoms. The standard InChI is InChI=1S/C11H15ClN2O/c1-3-4-10(14-13)9-7-8(12)5-6-11(9)15-2/h3,5-7,10,14H,1,4,13H2,2H3. The second-order valence-electron chi connectivity index (χ2n) is 3.13. The summed E-state index contributed by atoms with van der Waals surface area (Å²) in [5.74, 6) is 6.24. The van der Waals surface area contributed by atoms with Crippen molar-refractivity contribution in [3.05, 3.63) is 41.4 Å². The number of hydrazine groups is 1. The van der Waals surface area contributed by atoms with E-state index in [1.54, 1.807) is 19.3 Å². The number of hydrogen-bond acceptors (Lipinski definition) is 3. The highest BCUT2D eigenvalue weighted by Crippen LogP contribution is 2.29. The lowest BCUT2D eigenvalue weighted by molar-refractivity contribution is 0.399. The van der Waals surface area contributed by atoms with Crippen LogP contribution in [0.15, 0.2) is 30.9 Å². The quantitative estimate of drug-likeness (QED) is 0.461. The predicted molar refractivity (Wildman–Crippen MR) is 62.9 cm³/mol. The van der Waals surface area contributed by atoms with E-state index in [9.17, 15) is 0 Å². The lowest BCUT2D eigenvalue weighted by Crippen LogP contribution is -2.27. The molecule has 0 saturated carbocycles. The fraction of sp³-hybridized carbons (Fsp3) is 0.273. The summed E-state index contributed by atoms with van der Waals surface area (Å²) in [6.45, 7) is 3.68. The summed E-state index contributed by atoms with van der Waals surface area (Å²) in [5.41, 5.74) is 3.65. The van der Waals surface area contributed by atoms with Gasteiger partial charge in [0.2, 0.25) is 0 Å². The van der Waals surface area contributed by atoms with Crippen molar-refractivity contribution in [2.75, 3.05) is 7.11 Å². The fourth-order valence-electron chi connectivity index (χ4n) is 1.43. The number of ether oxygens (including phenoxy) is 1. The van der Waals surface area contributed by atoms with Crippen LogP contribution in [0.5, 0.6) is 5.75 Å². The molecule has 1 aromatic carbocycles. The van der Waals surface area contributed by atoms with Crippen molar-refractivity contribution in [2.45, 2.75) is 12.5 Å². The van der Waals surface area contributed by atoms with Gasteiger partial charge in [-0.1, -0.05) is 17.7 Å². The number of halogens is 1. The van der Waals surface area contributed by atoms with Gasteiger partial charge in [-0.15, -0.1) is 6.58 Å². The molecule has 1 unspecified atom stereocenters.